The van der Waals surface area contributed by atoms with Gasteiger partial charge in [0.25, 0.3) is 0 Å². The molecule has 0 aromatic rings. The number of carbonyl (C=O) groups is 1. The number of ether oxygens (including phenoxy) is 1. The SMILES string of the molecule is CC1CNCC1C(=O)C1=COCCC1. The van der Waals surface area contributed by atoms with Gasteiger partial charge in [-0.25, -0.2) is 0 Å². The quantitative estimate of drug-likeness (QED) is 0.717. The fraction of sp³-hybridized carbons (Fsp3) is 0.727. The van der Waals surface area contributed by atoms with Gasteiger partial charge < -0.3 is 10.1 Å². The third-order valence-electron chi connectivity index (χ3n) is 3.10. The maximum absolute atomic E-state index is 12.0. The summed E-state index contributed by atoms with van der Waals surface area (Å²) in [4.78, 5) is 12.0. The predicted molar refractivity (Wildman–Crippen MR) is 53.8 cm³/mol. The summed E-state index contributed by atoms with van der Waals surface area (Å²) < 4.78 is 5.19. The average molecular weight is 195 g/mol. The van der Waals surface area contributed by atoms with E-state index in [1.807, 2.05) is 0 Å². The first-order valence-electron chi connectivity index (χ1n) is 5.34. The van der Waals surface area contributed by atoms with Crippen LogP contribution in [-0.2, 0) is 9.53 Å². The average Bonchev–Trinajstić information content (AvgIpc) is 2.65. The molecule has 0 aromatic heterocycles. The molecule has 0 amide bonds. The molecule has 0 spiro atoms. The van der Waals surface area contributed by atoms with E-state index >= 15 is 0 Å². The van der Waals surface area contributed by atoms with E-state index in [9.17, 15) is 4.79 Å². The normalized spacial score (nSPS) is 32.2. The maximum Gasteiger partial charge on any atom is 0.166 e. The second-order valence-corrected chi connectivity index (χ2v) is 4.22. The molecule has 3 nitrogen and oxygen atoms in total. The zero-order valence-electron chi connectivity index (χ0n) is 8.58. The fourth-order valence-corrected chi connectivity index (χ4v) is 2.14. The van der Waals surface area contributed by atoms with Gasteiger partial charge in [0, 0.05) is 18.0 Å². The van der Waals surface area contributed by atoms with Gasteiger partial charge in [0.05, 0.1) is 12.9 Å². The molecule has 2 rings (SSSR count). The third kappa shape index (κ3) is 1.82. The van der Waals surface area contributed by atoms with E-state index < -0.39 is 0 Å². The van der Waals surface area contributed by atoms with Crippen molar-refractivity contribution < 1.29 is 9.53 Å². The monoisotopic (exact) mass is 195 g/mol. The highest BCUT2D eigenvalue weighted by molar-refractivity contribution is 5.97. The molecule has 2 aliphatic rings. The largest absolute Gasteiger partial charge is 0.501 e. The Kier molecular flexibility index (Phi) is 2.87. The Balaban J connectivity index is 2.03. The Labute approximate surface area is 84.5 Å². The lowest BCUT2D eigenvalue weighted by molar-refractivity contribution is -0.120. The van der Waals surface area contributed by atoms with Crippen LogP contribution in [0.1, 0.15) is 19.8 Å². The van der Waals surface area contributed by atoms with Crippen LogP contribution >= 0.6 is 0 Å². The van der Waals surface area contributed by atoms with Gasteiger partial charge in [0.1, 0.15) is 0 Å². The van der Waals surface area contributed by atoms with Crippen LogP contribution in [0.5, 0.6) is 0 Å². The second kappa shape index (κ2) is 4.13. The molecule has 1 N–H and O–H groups in total. The van der Waals surface area contributed by atoms with E-state index in [0.717, 1.165) is 38.1 Å². The molecule has 2 unspecified atom stereocenters. The predicted octanol–water partition coefficient (Wildman–Crippen LogP) is 1.11. The smallest absolute Gasteiger partial charge is 0.166 e. The topological polar surface area (TPSA) is 38.3 Å². The molecule has 2 aliphatic heterocycles. The fourth-order valence-electron chi connectivity index (χ4n) is 2.14. The minimum absolute atomic E-state index is 0.169. The summed E-state index contributed by atoms with van der Waals surface area (Å²) in [6.07, 6.45) is 3.53. The van der Waals surface area contributed by atoms with Crippen LogP contribution in [0.4, 0.5) is 0 Å². The Bertz CT molecular complexity index is 260. The van der Waals surface area contributed by atoms with E-state index in [1.54, 1.807) is 6.26 Å². The summed E-state index contributed by atoms with van der Waals surface area (Å²) in [7, 11) is 0. The Morgan fingerprint density at radius 2 is 2.43 bits per heavy atom. The molecule has 0 radical (unpaired) electrons. The third-order valence-corrected chi connectivity index (χ3v) is 3.10. The van der Waals surface area contributed by atoms with Gasteiger partial charge in [0.2, 0.25) is 0 Å². The summed E-state index contributed by atoms with van der Waals surface area (Å²) in [6.45, 7) is 4.68. The summed E-state index contributed by atoms with van der Waals surface area (Å²) in [5, 5.41) is 3.25. The van der Waals surface area contributed by atoms with Gasteiger partial charge in [-0.3, -0.25) is 4.79 Å². The van der Waals surface area contributed by atoms with Crippen molar-refractivity contribution in [3.05, 3.63) is 11.8 Å². The van der Waals surface area contributed by atoms with E-state index in [0.29, 0.717) is 11.7 Å². The number of allylic oxidation sites excluding steroid dienone is 1. The molecule has 14 heavy (non-hydrogen) atoms. The van der Waals surface area contributed by atoms with Gasteiger partial charge in [-0.05, 0) is 25.3 Å². The highest BCUT2D eigenvalue weighted by atomic mass is 16.5. The first kappa shape index (κ1) is 9.71. The van der Waals surface area contributed by atoms with Gasteiger partial charge in [-0.1, -0.05) is 6.92 Å². The number of carbonyl (C=O) groups excluding carboxylic acids is 1. The molecule has 78 valence electrons. The Morgan fingerprint density at radius 1 is 1.57 bits per heavy atom. The lowest BCUT2D eigenvalue weighted by Crippen LogP contribution is -2.24. The van der Waals surface area contributed by atoms with Crippen LogP contribution in [0, 0.1) is 11.8 Å². The molecule has 0 saturated carbocycles. The summed E-state index contributed by atoms with van der Waals surface area (Å²) in [6, 6.07) is 0. The Morgan fingerprint density at radius 3 is 3.00 bits per heavy atom. The first-order chi connectivity index (χ1) is 6.79. The summed E-state index contributed by atoms with van der Waals surface area (Å²) >= 11 is 0. The van der Waals surface area contributed by atoms with Crippen molar-refractivity contribution in [1.82, 2.24) is 5.32 Å². The van der Waals surface area contributed by atoms with E-state index in [4.69, 9.17) is 4.74 Å². The molecule has 0 aromatic carbocycles. The van der Waals surface area contributed by atoms with Crippen molar-refractivity contribution in [2.75, 3.05) is 19.7 Å². The van der Waals surface area contributed by atoms with Gasteiger partial charge in [0.15, 0.2) is 5.78 Å². The van der Waals surface area contributed by atoms with E-state index in [1.165, 1.54) is 0 Å². The molecule has 1 saturated heterocycles. The van der Waals surface area contributed by atoms with E-state index in [-0.39, 0.29) is 5.92 Å². The van der Waals surface area contributed by atoms with Crippen molar-refractivity contribution in [1.29, 1.82) is 0 Å². The summed E-state index contributed by atoms with van der Waals surface area (Å²) in [5.41, 5.74) is 0.886. The van der Waals surface area contributed by atoms with Gasteiger partial charge in [-0.2, -0.15) is 0 Å². The number of hydrogen-bond donors (Lipinski definition) is 1. The van der Waals surface area contributed by atoms with Crippen molar-refractivity contribution in [2.24, 2.45) is 11.8 Å². The molecular formula is C11H17NO2. The molecular weight excluding hydrogens is 178 g/mol. The number of Topliss-reactive ketones (excluding diaryl/α,β-unsaturated/α-hetero) is 1. The highest BCUT2D eigenvalue weighted by Crippen LogP contribution is 2.24. The van der Waals surface area contributed by atoms with Crippen LogP contribution in [-0.4, -0.2) is 25.5 Å². The van der Waals surface area contributed by atoms with Gasteiger partial charge >= 0.3 is 0 Å². The van der Waals surface area contributed by atoms with Crippen LogP contribution in [0.3, 0.4) is 0 Å². The van der Waals surface area contributed by atoms with Crippen molar-refractivity contribution in [3.63, 3.8) is 0 Å². The van der Waals surface area contributed by atoms with Gasteiger partial charge in [-0.15, -0.1) is 0 Å². The maximum atomic E-state index is 12.0. The number of ketones is 1. The Hall–Kier alpha value is -0.830. The van der Waals surface area contributed by atoms with Crippen LogP contribution < -0.4 is 5.32 Å². The number of rotatable bonds is 2. The zero-order valence-corrected chi connectivity index (χ0v) is 8.58. The number of hydrogen-bond acceptors (Lipinski definition) is 3. The highest BCUT2D eigenvalue weighted by Gasteiger charge is 2.31. The second-order valence-electron chi connectivity index (χ2n) is 4.22. The van der Waals surface area contributed by atoms with E-state index in [2.05, 4.69) is 12.2 Å². The molecule has 2 atom stereocenters. The standard InChI is InChI=1S/C11H17NO2/c1-8-5-12-6-10(8)11(13)9-3-2-4-14-7-9/h7-8,10,12H,2-6H2,1H3. The van der Waals surface area contributed by atoms with Crippen molar-refractivity contribution in [3.8, 4) is 0 Å². The zero-order chi connectivity index (χ0) is 9.97. The molecule has 0 bridgehead atoms. The molecule has 2 heterocycles. The molecule has 3 heteroatoms. The first-order valence-corrected chi connectivity index (χ1v) is 5.34. The minimum atomic E-state index is 0.169. The lowest BCUT2D eigenvalue weighted by atomic mass is 9.88. The van der Waals surface area contributed by atoms with Crippen LogP contribution in [0.2, 0.25) is 0 Å². The summed E-state index contributed by atoms with van der Waals surface area (Å²) in [5.74, 6) is 0.926. The number of nitrogens with one attached hydrogen (secondary N) is 1. The van der Waals surface area contributed by atoms with Crippen molar-refractivity contribution >= 4 is 5.78 Å². The molecule has 1 fully saturated rings. The van der Waals surface area contributed by atoms with Crippen LogP contribution in [0.25, 0.3) is 0 Å². The van der Waals surface area contributed by atoms with Crippen LogP contribution in [0.15, 0.2) is 11.8 Å². The minimum Gasteiger partial charge on any atom is -0.501 e. The molecule has 0 aliphatic carbocycles. The lowest BCUT2D eigenvalue weighted by Gasteiger charge is -2.18. The van der Waals surface area contributed by atoms with Crippen molar-refractivity contribution in [2.45, 2.75) is 19.8 Å².